The van der Waals surface area contributed by atoms with Gasteiger partial charge in [-0.15, -0.1) is 0 Å². The number of nitrogens with zero attached hydrogens (tertiary/aromatic N) is 3. The molecule has 1 aliphatic heterocycles. The first-order chi connectivity index (χ1) is 17.7. The van der Waals surface area contributed by atoms with E-state index in [1.54, 1.807) is 18.2 Å². The predicted molar refractivity (Wildman–Crippen MR) is 138 cm³/mol. The van der Waals surface area contributed by atoms with E-state index in [-0.39, 0.29) is 33.7 Å². The van der Waals surface area contributed by atoms with Crippen molar-refractivity contribution < 1.29 is 22.0 Å². The standard InChI is InChI=1S/C25H17ClF2N4O3S2/c26-16-6-9-21-18(10-16)24-22(37(34,35)32(21)13-15-4-2-1-3-5-15)12-29-25(31-24)36-14-23(33)30-17-7-8-19(27)20(28)11-17/h1-12H,13-14H2,(H,30,33). The lowest BCUT2D eigenvalue weighted by Crippen LogP contribution is -2.34. The van der Waals surface area contributed by atoms with Crippen LogP contribution in [-0.2, 0) is 21.4 Å². The minimum Gasteiger partial charge on any atom is -0.325 e. The summed E-state index contributed by atoms with van der Waals surface area (Å²) in [6.07, 6.45) is 1.22. The van der Waals surface area contributed by atoms with Crippen molar-refractivity contribution in [3.63, 3.8) is 0 Å². The van der Waals surface area contributed by atoms with E-state index in [4.69, 9.17) is 11.6 Å². The van der Waals surface area contributed by atoms with Crippen LogP contribution in [0.15, 0.2) is 83.0 Å². The van der Waals surface area contributed by atoms with Gasteiger partial charge in [-0.1, -0.05) is 53.7 Å². The third-order valence-electron chi connectivity index (χ3n) is 5.49. The van der Waals surface area contributed by atoms with Crippen molar-refractivity contribution >= 4 is 50.7 Å². The maximum Gasteiger partial charge on any atom is 0.268 e. The lowest BCUT2D eigenvalue weighted by Gasteiger charge is -2.31. The van der Waals surface area contributed by atoms with Crippen molar-refractivity contribution in [2.45, 2.75) is 16.6 Å². The van der Waals surface area contributed by atoms with Crippen LogP contribution in [0.2, 0.25) is 5.02 Å². The van der Waals surface area contributed by atoms with E-state index in [0.29, 0.717) is 16.3 Å². The number of thioether (sulfide) groups is 1. The summed E-state index contributed by atoms with van der Waals surface area (Å²) in [4.78, 5) is 20.8. The number of anilines is 2. The minimum atomic E-state index is -3.99. The van der Waals surface area contributed by atoms with Crippen LogP contribution in [0, 0.1) is 11.6 Å². The van der Waals surface area contributed by atoms with Gasteiger partial charge in [0.15, 0.2) is 16.8 Å². The van der Waals surface area contributed by atoms with E-state index in [1.165, 1.54) is 16.6 Å². The van der Waals surface area contributed by atoms with Gasteiger partial charge < -0.3 is 5.32 Å². The summed E-state index contributed by atoms with van der Waals surface area (Å²) in [5.74, 6) is -2.74. The monoisotopic (exact) mass is 558 g/mol. The molecule has 7 nitrogen and oxygen atoms in total. The van der Waals surface area contributed by atoms with Crippen molar-refractivity contribution in [3.05, 3.63) is 95.1 Å². The van der Waals surface area contributed by atoms with E-state index < -0.39 is 27.6 Å². The van der Waals surface area contributed by atoms with Crippen LogP contribution in [0.5, 0.6) is 0 Å². The van der Waals surface area contributed by atoms with Crippen LogP contribution < -0.4 is 9.62 Å². The molecule has 12 heteroatoms. The average molecular weight is 559 g/mol. The highest BCUT2D eigenvalue weighted by molar-refractivity contribution is 7.99. The van der Waals surface area contributed by atoms with E-state index in [1.807, 2.05) is 30.3 Å². The van der Waals surface area contributed by atoms with Crippen molar-refractivity contribution in [3.8, 4) is 11.3 Å². The van der Waals surface area contributed by atoms with Gasteiger partial charge in [0.1, 0.15) is 4.90 Å². The molecule has 37 heavy (non-hydrogen) atoms. The number of carbonyl (C=O) groups excluding carboxylic acids is 1. The lowest BCUT2D eigenvalue weighted by molar-refractivity contribution is -0.113. The third kappa shape index (κ3) is 5.15. The first-order valence-electron chi connectivity index (χ1n) is 10.8. The van der Waals surface area contributed by atoms with Crippen LogP contribution in [0.1, 0.15) is 5.56 Å². The third-order valence-corrected chi connectivity index (χ3v) is 8.35. The molecule has 1 aromatic heterocycles. The molecule has 3 aromatic carbocycles. The van der Waals surface area contributed by atoms with Gasteiger partial charge in [0.05, 0.1) is 29.9 Å². The maximum absolute atomic E-state index is 13.6. The summed E-state index contributed by atoms with van der Waals surface area (Å²) in [5, 5.41) is 3.03. The summed E-state index contributed by atoms with van der Waals surface area (Å²) in [6.45, 7) is 0.109. The van der Waals surface area contributed by atoms with Crippen LogP contribution in [0.3, 0.4) is 0 Å². The van der Waals surface area contributed by atoms with Crippen LogP contribution in [-0.4, -0.2) is 30.0 Å². The molecule has 188 valence electrons. The quantitative estimate of drug-likeness (QED) is 0.248. The Hall–Kier alpha value is -3.54. The number of hydrogen-bond acceptors (Lipinski definition) is 6. The smallest absolute Gasteiger partial charge is 0.268 e. The highest BCUT2D eigenvalue weighted by Crippen LogP contribution is 2.44. The first-order valence-corrected chi connectivity index (χ1v) is 13.6. The zero-order valence-electron chi connectivity index (χ0n) is 18.9. The van der Waals surface area contributed by atoms with Gasteiger partial charge in [0, 0.05) is 22.3 Å². The van der Waals surface area contributed by atoms with Gasteiger partial charge >= 0.3 is 0 Å². The molecule has 1 N–H and O–H groups in total. The molecular weight excluding hydrogens is 542 g/mol. The molecule has 0 unspecified atom stereocenters. The summed E-state index contributed by atoms with van der Waals surface area (Å²) in [7, 11) is -3.99. The number of amides is 1. The fraction of sp³-hybridized carbons (Fsp3) is 0.0800. The van der Waals surface area contributed by atoms with Crippen LogP contribution in [0.4, 0.5) is 20.2 Å². The molecule has 5 rings (SSSR count). The molecule has 0 aliphatic carbocycles. The molecule has 0 bridgehead atoms. The number of rotatable bonds is 6. The normalized spacial score (nSPS) is 13.5. The van der Waals surface area contributed by atoms with E-state index in [2.05, 4.69) is 15.3 Å². The zero-order valence-corrected chi connectivity index (χ0v) is 21.2. The highest BCUT2D eigenvalue weighted by Gasteiger charge is 2.37. The Balaban J connectivity index is 1.42. The molecule has 0 atom stereocenters. The molecule has 0 fully saturated rings. The molecular formula is C25H17ClF2N4O3S2. The molecule has 0 saturated heterocycles. The van der Waals surface area contributed by atoms with Crippen molar-refractivity contribution in [1.29, 1.82) is 0 Å². The van der Waals surface area contributed by atoms with Gasteiger partial charge in [-0.3, -0.25) is 9.10 Å². The number of fused-ring (bicyclic) bond motifs is 3. The van der Waals surface area contributed by atoms with Gasteiger partial charge in [-0.25, -0.2) is 27.2 Å². The molecule has 0 saturated carbocycles. The summed E-state index contributed by atoms with van der Waals surface area (Å²) in [6, 6.07) is 17.1. The Labute approximate surface area is 220 Å². The number of aromatic nitrogens is 2. The van der Waals surface area contributed by atoms with Gasteiger partial charge in [0.2, 0.25) is 5.91 Å². The fourth-order valence-corrected chi connectivity index (χ4v) is 6.14. The topological polar surface area (TPSA) is 92.3 Å². The Kier molecular flexibility index (Phi) is 6.84. The largest absolute Gasteiger partial charge is 0.325 e. The number of carbonyl (C=O) groups is 1. The van der Waals surface area contributed by atoms with E-state index in [0.717, 1.165) is 29.5 Å². The number of benzene rings is 3. The molecule has 0 radical (unpaired) electrons. The fourth-order valence-electron chi connectivity index (χ4n) is 3.79. The first kappa shape index (κ1) is 25.1. The summed E-state index contributed by atoms with van der Waals surface area (Å²) in [5.41, 5.74) is 2.02. The summed E-state index contributed by atoms with van der Waals surface area (Å²) < 4.78 is 54.9. The Morgan fingerprint density at radius 2 is 1.81 bits per heavy atom. The Morgan fingerprint density at radius 1 is 1.03 bits per heavy atom. The molecule has 4 aromatic rings. The number of hydrogen-bond donors (Lipinski definition) is 1. The lowest BCUT2D eigenvalue weighted by atomic mass is 10.1. The Morgan fingerprint density at radius 3 is 2.57 bits per heavy atom. The SMILES string of the molecule is O=C(CSc1ncc2c(n1)-c1cc(Cl)ccc1N(Cc1ccccc1)S2(=O)=O)Nc1ccc(F)c(F)c1. The average Bonchev–Trinajstić information content (AvgIpc) is 2.88. The second-order valence-electron chi connectivity index (χ2n) is 7.99. The summed E-state index contributed by atoms with van der Waals surface area (Å²) >= 11 is 7.21. The van der Waals surface area contributed by atoms with Gasteiger partial charge in [-0.2, -0.15) is 0 Å². The van der Waals surface area contributed by atoms with Crippen LogP contribution in [0.25, 0.3) is 11.3 Å². The molecule has 1 amide bonds. The molecule has 2 heterocycles. The highest BCUT2D eigenvalue weighted by atomic mass is 35.5. The minimum absolute atomic E-state index is 0.0752. The molecule has 0 spiro atoms. The van der Waals surface area contributed by atoms with Gasteiger partial charge in [0.25, 0.3) is 10.0 Å². The number of halogens is 3. The van der Waals surface area contributed by atoms with E-state index in [9.17, 15) is 22.0 Å². The Bertz CT molecular complexity index is 1620. The zero-order chi connectivity index (χ0) is 26.2. The van der Waals surface area contributed by atoms with Crippen molar-refractivity contribution in [2.75, 3.05) is 15.4 Å². The van der Waals surface area contributed by atoms with Gasteiger partial charge in [-0.05, 0) is 35.9 Å². The van der Waals surface area contributed by atoms with Crippen molar-refractivity contribution in [1.82, 2.24) is 9.97 Å². The second kappa shape index (κ2) is 10.1. The van der Waals surface area contributed by atoms with Crippen LogP contribution >= 0.6 is 23.4 Å². The van der Waals surface area contributed by atoms with Crippen molar-refractivity contribution in [2.24, 2.45) is 0 Å². The second-order valence-corrected chi connectivity index (χ2v) is 11.2. The van der Waals surface area contributed by atoms with E-state index >= 15 is 0 Å². The maximum atomic E-state index is 13.6. The number of sulfonamides is 1. The predicted octanol–water partition coefficient (Wildman–Crippen LogP) is 5.51. The number of nitrogens with one attached hydrogen (secondary N) is 1. The molecule has 1 aliphatic rings.